The maximum atomic E-state index is 5.42. The summed E-state index contributed by atoms with van der Waals surface area (Å²) in [6.45, 7) is 6.85. The van der Waals surface area contributed by atoms with E-state index < -0.39 is 0 Å². The van der Waals surface area contributed by atoms with Gasteiger partial charge in [0.05, 0.1) is 30.9 Å². The van der Waals surface area contributed by atoms with Crippen LogP contribution in [0.5, 0.6) is 11.5 Å². The van der Waals surface area contributed by atoms with Gasteiger partial charge < -0.3 is 19.7 Å². The third-order valence-electron chi connectivity index (χ3n) is 5.36. The lowest BCUT2D eigenvalue weighted by molar-refractivity contribution is 0.355. The van der Waals surface area contributed by atoms with Crippen LogP contribution in [0, 0.1) is 19.8 Å². The molecule has 3 aromatic rings. The van der Waals surface area contributed by atoms with Crippen LogP contribution in [0.2, 0.25) is 0 Å². The van der Waals surface area contributed by atoms with Gasteiger partial charge in [0.2, 0.25) is 0 Å². The first-order valence-electron chi connectivity index (χ1n) is 9.90. The molecule has 0 aliphatic carbocycles. The monoisotopic (exact) mass is 393 g/mol. The zero-order valence-corrected chi connectivity index (χ0v) is 17.4. The van der Waals surface area contributed by atoms with Crippen LogP contribution in [0.3, 0.4) is 0 Å². The number of anilines is 2. The SMILES string of the molecule is COc1cc2nc(C)c(N3CCC(CNc4cccc(C)n4)C3)nc2cc1OC. The van der Waals surface area contributed by atoms with Crippen molar-refractivity contribution in [2.45, 2.75) is 20.3 Å². The van der Waals surface area contributed by atoms with E-state index in [1.165, 1.54) is 0 Å². The van der Waals surface area contributed by atoms with Gasteiger partial charge >= 0.3 is 0 Å². The minimum absolute atomic E-state index is 0.541. The number of nitrogens with one attached hydrogen (secondary N) is 1. The van der Waals surface area contributed by atoms with E-state index in [9.17, 15) is 0 Å². The highest BCUT2D eigenvalue weighted by molar-refractivity contribution is 5.81. The topological polar surface area (TPSA) is 72.4 Å². The van der Waals surface area contributed by atoms with Gasteiger partial charge in [-0.05, 0) is 38.3 Å². The van der Waals surface area contributed by atoms with Crippen molar-refractivity contribution >= 4 is 22.7 Å². The number of hydrogen-bond donors (Lipinski definition) is 1. The zero-order chi connectivity index (χ0) is 20.4. The predicted molar refractivity (Wildman–Crippen MR) is 115 cm³/mol. The number of aromatic nitrogens is 3. The van der Waals surface area contributed by atoms with E-state index in [4.69, 9.17) is 19.4 Å². The van der Waals surface area contributed by atoms with Gasteiger partial charge in [-0.3, -0.25) is 0 Å². The number of pyridine rings is 1. The summed E-state index contributed by atoms with van der Waals surface area (Å²) in [5.74, 6) is 3.75. The van der Waals surface area contributed by atoms with Crippen molar-refractivity contribution < 1.29 is 9.47 Å². The summed E-state index contributed by atoms with van der Waals surface area (Å²) in [5, 5.41) is 3.47. The standard InChI is InChI=1S/C22H27N5O2/c1-14-6-5-7-21(24-14)23-12-16-8-9-27(13-16)22-15(2)25-17-10-19(28-3)20(29-4)11-18(17)26-22/h5-7,10-11,16H,8-9,12-13H2,1-4H3,(H,23,24). The Morgan fingerprint density at radius 2 is 1.76 bits per heavy atom. The van der Waals surface area contributed by atoms with Crippen molar-refractivity contribution in [3.05, 3.63) is 41.7 Å². The third-order valence-corrected chi connectivity index (χ3v) is 5.36. The van der Waals surface area contributed by atoms with Crippen molar-refractivity contribution in [2.24, 2.45) is 5.92 Å². The lowest BCUT2D eigenvalue weighted by Crippen LogP contribution is -2.24. The molecule has 3 heterocycles. The number of ether oxygens (including phenoxy) is 2. The molecule has 1 N–H and O–H groups in total. The fraction of sp³-hybridized carbons (Fsp3) is 0.409. The Hall–Kier alpha value is -3.09. The lowest BCUT2D eigenvalue weighted by atomic mass is 10.1. The highest BCUT2D eigenvalue weighted by atomic mass is 16.5. The molecular weight excluding hydrogens is 366 g/mol. The van der Waals surface area contributed by atoms with Crippen LogP contribution in [0.1, 0.15) is 17.8 Å². The normalized spacial score (nSPS) is 16.3. The highest BCUT2D eigenvalue weighted by Crippen LogP contribution is 2.33. The van der Waals surface area contributed by atoms with Gasteiger partial charge in [-0.15, -0.1) is 0 Å². The van der Waals surface area contributed by atoms with Gasteiger partial charge in [0.15, 0.2) is 17.3 Å². The molecule has 0 saturated carbocycles. The summed E-state index contributed by atoms with van der Waals surface area (Å²) in [6, 6.07) is 9.82. The molecule has 7 nitrogen and oxygen atoms in total. The molecule has 1 aliphatic heterocycles. The molecule has 1 aliphatic rings. The number of rotatable bonds is 6. The second-order valence-corrected chi connectivity index (χ2v) is 7.47. The van der Waals surface area contributed by atoms with Crippen LogP contribution in [-0.4, -0.2) is 48.8 Å². The molecule has 7 heteroatoms. The second kappa shape index (κ2) is 8.11. The fourth-order valence-electron chi connectivity index (χ4n) is 3.84. The zero-order valence-electron chi connectivity index (χ0n) is 17.4. The number of methoxy groups -OCH3 is 2. The van der Waals surface area contributed by atoms with Gasteiger partial charge in [0.25, 0.3) is 0 Å². The number of fused-ring (bicyclic) bond motifs is 1. The van der Waals surface area contributed by atoms with E-state index in [1.54, 1.807) is 14.2 Å². The maximum Gasteiger partial charge on any atom is 0.163 e. The summed E-state index contributed by atoms with van der Waals surface area (Å²) < 4.78 is 10.8. The van der Waals surface area contributed by atoms with Crippen LogP contribution < -0.4 is 19.7 Å². The average molecular weight is 393 g/mol. The summed E-state index contributed by atoms with van der Waals surface area (Å²) >= 11 is 0. The molecule has 0 spiro atoms. The van der Waals surface area contributed by atoms with Gasteiger partial charge in [-0.2, -0.15) is 0 Å². The molecule has 1 fully saturated rings. The Labute approximate surface area is 171 Å². The summed E-state index contributed by atoms with van der Waals surface area (Å²) in [4.78, 5) is 16.5. The minimum Gasteiger partial charge on any atom is -0.493 e. The first-order valence-corrected chi connectivity index (χ1v) is 9.90. The molecule has 2 aromatic heterocycles. The van der Waals surface area contributed by atoms with Gasteiger partial charge in [-0.25, -0.2) is 15.0 Å². The Morgan fingerprint density at radius 3 is 2.45 bits per heavy atom. The average Bonchev–Trinajstić information content (AvgIpc) is 3.19. The van der Waals surface area contributed by atoms with Gasteiger partial charge in [-0.1, -0.05) is 6.07 Å². The van der Waals surface area contributed by atoms with Crippen LogP contribution in [-0.2, 0) is 0 Å². The van der Waals surface area contributed by atoms with Crippen molar-refractivity contribution in [2.75, 3.05) is 44.1 Å². The van der Waals surface area contributed by atoms with Crippen molar-refractivity contribution in [3.8, 4) is 11.5 Å². The number of benzene rings is 1. The molecule has 4 rings (SSSR count). The van der Waals surface area contributed by atoms with Crippen molar-refractivity contribution in [1.82, 2.24) is 15.0 Å². The quantitative estimate of drug-likeness (QED) is 0.686. The first-order chi connectivity index (χ1) is 14.1. The van der Waals surface area contributed by atoms with Gasteiger partial charge in [0.1, 0.15) is 5.82 Å². The number of nitrogens with zero attached hydrogens (tertiary/aromatic N) is 4. The summed E-state index contributed by atoms with van der Waals surface area (Å²) in [7, 11) is 3.26. The van der Waals surface area contributed by atoms with E-state index in [1.807, 2.05) is 44.2 Å². The molecule has 29 heavy (non-hydrogen) atoms. The molecule has 1 unspecified atom stereocenters. The Morgan fingerprint density at radius 1 is 1.03 bits per heavy atom. The molecule has 0 amide bonds. The van der Waals surface area contributed by atoms with Crippen molar-refractivity contribution in [1.29, 1.82) is 0 Å². The third kappa shape index (κ3) is 4.04. The first kappa shape index (κ1) is 19.2. The van der Waals surface area contributed by atoms with E-state index >= 15 is 0 Å². The maximum absolute atomic E-state index is 5.42. The van der Waals surface area contributed by atoms with E-state index in [0.717, 1.165) is 60.1 Å². The second-order valence-electron chi connectivity index (χ2n) is 7.47. The van der Waals surface area contributed by atoms with Crippen molar-refractivity contribution in [3.63, 3.8) is 0 Å². The van der Waals surface area contributed by atoms with E-state index in [0.29, 0.717) is 17.4 Å². The molecule has 1 aromatic carbocycles. The Kier molecular flexibility index (Phi) is 5.38. The fourth-order valence-corrected chi connectivity index (χ4v) is 3.84. The Balaban J connectivity index is 1.50. The molecular formula is C22H27N5O2. The molecule has 1 atom stereocenters. The smallest absolute Gasteiger partial charge is 0.163 e. The largest absolute Gasteiger partial charge is 0.493 e. The molecule has 0 bridgehead atoms. The van der Waals surface area contributed by atoms with Crippen LogP contribution in [0.15, 0.2) is 30.3 Å². The van der Waals surface area contributed by atoms with E-state index in [2.05, 4.69) is 15.2 Å². The number of aryl methyl sites for hydroxylation is 2. The lowest BCUT2D eigenvalue weighted by Gasteiger charge is -2.20. The summed E-state index contributed by atoms with van der Waals surface area (Å²) in [5.41, 5.74) is 3.58. The predicted octanol–water partition coefficient (Wildman–Crippen LogP) is 3.60. The molecule has 1 saturated heterocycles. The van der Waals surface area contributed by atoms with Crippen LogP contribution in [0.25, 0.3) is 11.0 Å². The number of hydrogen-bond acceptors (Lipinski definition) is 7. The molecule has 152 valence electrons. The van der Waals surface area contributed by atoms with Crippen LogP contribution in [0.4, 0.5) is 11.6 Å². The molecule has 0 radical (unpaired) electrons. The summed E-state index contributed by atoms with van der Waals surface area (Å²) in [6.07, 6.45) is 1.11. The van der Waals surface area contributed by atoms with Crippen LogP contribution >= 0.6 is 0 Å². The Bertz CT molecular complexity index is 1020. The van der Waals surface area contributed by atoms with Gasteiger partial charge in [0, 0.05) is 37.5 Å². The minimum atomic E-state index is 0.541. The van der Waals surface area contributed by atoms with E-state index in [-0.39, 0.29) is 0 Å². The highest BCUT2D eigenvalue weighted by Gasteiger charge is 2.25.